The number of amides is 1. The van der Waals surface area contributed by atoms with E-state index in [1.165, 1.54) is 0 Å². The van der Waals surface area contributed by atoms with Crippen molar-refractivity contribution < 1.29 is 4.79 Å². The van der Waals surface area contributed by atoms with Gasteiger partial charge in [-0.1, -0.05) is 30.3 Å². The molecule has 0 saturated carbocycles. The van der Waals surface area contributed by atoms with Gasteiger partial charge < -0.3 is 10.6 Å². The molecule has 4 nitrogen and oxygen atoms in total. The fraction of sp³-hybridized carbons (Fsp3) is 0.500. The molecule has 2 N–H and O–H groups in total. The summed E-state index contributed by atoms with van der Waals surface area (Å²) in [7, 11) is 3.87. The first-order chi connectivity index (χ1) is 8.59. The number of likely N-dealkylation sites (N-methyl/N-ethyl adjacent to an activating group) is 1. The zero-order valence-corrected chi connectivity index (χ0v) is 11.0. The molecule has 1 amide bonds. The summed E-state index contributed by atoms with van der Waals surface area (Å²) < 4.78 is 0. The second-order valence-corrected chi connectivity index (χ2v) is 5.11. The molecule has 0 aromatic heterocycles. The molecule has 1 heterocycles. The Balaban J connectivity index is 2.18. The molecule has 1 saturated heterocycles. The number of likely N-dealkylation sites (tertiary alicyclic amines) is 1. The molecule has 0 radical (unpaired) electrons. The Kier molecular flexibility index (Phi) is 3.99. The third-order valence-corrected chi connectivity index (χ3v) is 3.40. The van der Waals surface area contributed by atoms with Crippen molar-refractivity contribution in [2.24, 2.45) is 5.73 Å². The lowest BCUT2D eigenvalue weighted by molar-refractivity contribution is -0.135. The van der Waals surface area contributed by atoms with Crippen LogP contribution in [0.2, 0.25) is 0 Å². The number of rotatable bonds is 3. The smallest absolute Gasteiger partial charge is 0.244 e. The molecular formula is C14H21N3O. The summed E-state index contributed by atoms with van der Waals surface area (Å²) in [6.45, 7) is 1.45. The van der Waals surface area contributed by atoms with Gasteiger partial charge in [0.25, 0.3) is 0 Å². The number of nitrogens with zero attached hydrogens (tertiary/aromatic N) is 2. The van der Waals surface area contributed by atoms with Crippen LogP contribution in [0.15, 0.2) is 30.3 Å². The van der Waals surface area contributed by atoms with Crippen LogP contribution < -0.4 is 5.73 Å². The lowest BCUT2D eigenvalue weighted by Crippen LogP contribution is -2.40. The van der Waals surface area contributed by atoms with Crippen LogP contribution in [-0.4, -0.2) is 48.9 Å². The molecule has 1 aliphatic rings. The minimum Gasteiger partial charge on any atom is -0.339 e. The summed E-state index contributed by atoms with van der Waals surface area (Å²) in [5.41, 5.74) is 6.91. The number of carbonyl (C=O) groups excluding carboxylic acids is 1. The zero-order chi connectivity index (χ0) is 13.1. The number of carbonyl (C=O) groups is 1. The van der Waals surface area contributed by atoms with Gasteiger partial charge in [-0.2, -0.15) is 0 Å². The molecule has 0 bridgehead atoms. The van der Waals surface area contributed by atoms with Crippen molar-refractivity contribution in [3.8, 4) is 0 Å². The molecule has 2 rings (SSSR count). The Morgan fingerprint density at radius 3 is 2.56 bits per heavy atom. The van der Waals surface area contributed by atoms with E-state index in [9.17, 15) is 4.79 Å². The summed E-state index contributed by atoms with van der Waals surface area (Å²) >= 11 is 0. The Morgan fingerprint density at radius 1 is 1.39 bits per heavy atom. The van der Waals surface area contributed by atoms with E-state index in [1.807, 2.05) is 54.2 Å². The first-order valence-corrected chi connectivity index (χ1v) is 6.35. The van der Waals surface area contributed by atoms with E-state index in [0.29, 0.717) is 6.54 Å². The zero-order valence-electron chi connectivity index (χ0n) is 11.0. The summed E-state index contributed by atoms with van der Waals surface area (Å²) in [6, 6.07) is 9.82. The van der Waals surface area contributed by atoms with E-state index >= 15 is 0 Å². The van der Waals surface area contributed by atoms with E-state index in [2.05, 4.69) is 0 Å². The maximum atomic E-state index is 12.6. The van der Waals surface area contributed by atoms with E-state index in [4.69, 9.17) is 5.73 Å². The normalized spacial score (nSPS) is 21.3. The highest BCUT2D eigenvalue weighted by Crippen LogP contribution is 2.22. The minimum atomic E-state index is -0.212. The average Bonchev–Trinajstić information content (AvgIpc) is 2.77. The molecule has 1 aromatic carbocycles. The van der Waals surface area contributed by atoms with E-state index in [-0.39, 0.29) is 18.0 Å². The Labute approximate surface area is 108 Å². The highest BCUT2D eigenvalue weighted by Gasteiger charge is 2.31. The third-order valence-electron chi connectivity index (χ3n) is 3.40. The van der Waals surface area contributed by atoms with Gasteiger partial charge in [-0.25, -0.2) is 0 Å². The highest BCUT2D eigenvalue weighted by molar-refractivity contribution is 5.83. The molecule has 2 atom stereocenters. The SMILES string of the molecule is CN(C)C(C(=O)N1CC[C@@H](N)C1)c1ccccc1. The number of benzene rings is 1. The molecule has 0 aliphatic carbocycles. The van der Waals surface area contributed by atoms with Crippen molar-refractivity contribution >= 4 is 5.91 Å². The van der Waals surface area contributed by atoms with Crippen LogP contribution in [-0.2, 0) is 4.79 Å². The van der Waals surface area contributed by atoms with Crippen molar-refractivity contribution in [2.75, 3.05) is 27.2 Å². The maximum absolute atomic E-state index is 12.6. The fourth-order valence-electron chi connectivity index (χ4n) is 2.46. The van der Waals surface area contributed by atoms with Crippen LogP contribution >= 0.6 is 0 Å². The fourth-order valence-corrected chi connectivity index (χ4v) is 2.46. The van der Waals surface area contributed by atoms with E-state index < -0.39 is 0 Å². The monoisotopic (exact) mass is 247 g/mol. The summed E-state index contributed by atoms with van der Waals surface area (Å²) in [6.07, 6.45) is 0.903. The van der Waals surface area contributed by atoms with Gasteiger partial charge in [0.2, 0.25) is 5.91 Å². The van der Waals surface area contributed by atoms with Gasteiger partial charge in [0.1, 0.15) is 6.04 Å². The first kappa shape index (κ1) is 13.1. The van der Waals surface area contributed by atoms with Crippen molar-refractivity contribution in [3.05, 3.63) is 35.9 Å². The van der Waals surface area contributed by atoms with Gasteiger partial charge in [-0.15, -0.1) is 0 Å². The van der Waals surface area contributed by atoms with E-state index in [0.717, 1.165) is 18.5 Å². The van der Waals surface area contributed by atoms with E-state index in [1.54, 1.807) is 0 Å². The molecule has 1 fully saturated rings. The van der Waals surface area contributed by atoms with Crippen LogP contribution in [0.4, 0.5) is 0 Å². The number of nitrogens with two attached hydrogens (primary N) is 1. The maximum Gasteiger partial charge on any atom is 0.244 e. The summed E-state index contributed by atoms with van der Waals surface area (Å²) in [5, 5.41) is 0. The predicted molar refractivity (Wildman–Crippen MR) is 72.0 cm³/mol. The van der Waals surface area contributed by atoms with Crippen LogP contribution in [0.3, 0.4) is 0 Å². The van der Waals surface area contributed by atoms with Crippen molar-refractivity contribution in [1.29, 1.82) is 0 Å². The number of hydrogen-bond acceptors (Lipinski definition) is 3. The van der Waals surface area contributed by atoms with Gasteiger partial charge >= 0.3 is 0 Å². The minimum absolute atomic E-state index is 0.132. The second kappa shape index (κ2) is 5.50. The van der Waals surface area contributed by atoms with Crippen LogP contribution in [0, 0.1) is 0 Å². The van der Waals surface area contributed by atoms with Crippen molar-refractivity contribution in [2.45, 2.75) is 18.5 Å². The van der Waals surface area contributed by atoms with Crippen LogP contribution in [0.25, 0.3) is 0 Å². The van der Waals surface area contributed by atoms with Gasteiger partial charge in [0, 0.05) is 19.1 Å². The molecule has 1 aromatic rings. The molecule has 1 unspecified atom stereocenters. The van der Waals surface area contributed by atoms with Gasteiger partial charge in [-0.3, -0.25) is 9.69 Å². The summed E-state index contributed by atoms with van der Waals surface area (Å²) in [4.78, 5) is 16.4. The second-order valence-electron chi connectivity index (χ2n) is 5.11. The molecule has 0 spiro atoms. The standard InChI is InChI=1S/C14H21N3O/c1-16(2)13(11-6-4-3-5-7-11)14(18)17-9-8-12(15)10-17/h3-7,12-13H,8-10,15H2,1-2H3/t12-,13?/m1/s1. The Bertz CT molecular complexity index is 405. The van der Waals surface area contributed by atoms with Crippen LogP contribution in [0.5, 0.6) is 0 Å². The summed E-state index contributed by atoms with van der Waals surface area (Å²) in [5.74, 6) is 0.152. The highest BCUT2D eigenvalue weighted by atomic mass is 16.2. The topological polar surface area (TPSA) is 49.6 Å². The number of hydrogen-bond donors (Lipinski definition) is 1. The molecule has 1 aliphatic heterocycles. The molecular weight excluding hydrogens is 226 g/mol. The third kappa shape index (κ3) is 2.71. The van der Waals surface area contributed by atoms with Gasteiger partial charge in [-0.05, 0) is 26.1 Å². The largest absolute Gasteiger partial charge is 0.339 e. The lowest BCUT2D eigenvalue weighted by Gasteiger charge is -2.28. The van der Waals surface area contributed by atoms with Crippen LogP contribution in [0.1, 0.15) is 18.0 Å². The molecule has 98 valence electrons. The average molecular weight is 247 g/mol. The first-order valence-electron chi connectivity index (χ1n) is 6.35. The Hall–Kier alpha value is -1.39. The molecule has 18 heavy (non-hydrogen) atoms. The van der Waals surface area contributed by atoms with Gasteiger partial charge in [0.15, 0.2) is 0 Å². The Morgan fingerprint density at radius 2 is 2.06 bits per heavy atom. The van der Waals surface area contributed by atoms with Gasteiger partial charge in [0.05, 0.1) is 0 Å². The quantitative estimate of drug-likeness (QED) is 0.861. The van der Waals surface area contributed by atoms with Crippen molar-refractivity contribution in [1.82, 2.24) is 9.80 Å². The molecule has 4 heteroatoms. The lowest BCUT2D eigenvalue weighted by atomic mass is 10.0. The van der Waals surface area contributed by atoms with Crippen molar-refractivity contribution in [3.63, 3.8) is 0 Å². The predicted octanol–water partition coefficient (Wildman–Crippen LogP) is 0.849.